The van der Waals surface area contributed by atoms with Gasteiger partial charge in [-0.1, -0.05) is 0 Å². The van der Waals surface area contributed by atoms with Crippen molar-refractivity contribution in [1.29, 1.82) is 0 Å². The number of hydrogen-bond acceptors (Lipinski definition) is 3. The molecule has 0 unspecified atom stereocenters. The molecule has 11 heavy (non-hydrogen) atoms. The highest BCUT2D eigenvalue weighted by Gasteiger charge is 2.04. The molecule has 0 radical (unpaired) electrons. The average Bonchev–Trinajstić information content (AvgIpc) is 2.34. The van der Waals surface area contributed by atoms with E-state index in [1.165, 1.54) is 0 Å². The summed E-state index contributed by atoms with van der Waals surface area (Å²) in [5.74, 6) is 0. The molecule has 0 fully saturated rings. The van der Waals surface area contributed by atoms with Crippen molar-refractivity contribution in [2.75, 3.05) is 0 Å². The molecule has 0 aliphatic heterocycles. The molecule has 56 valence electrons. The zero-order valence-electron chi connectivity index (χ0n) is 5.20. The average molecular weight is 280 g/mol. The molecule has 0 aliphatic carbocycles. The Bertz CT molecular complexity index is 398. The molecular weight excluding hydrogens is 278 g/mol. The summed E-state index contributed by atoms with van der Waals surface area (Å²) in [6.45, 7) is 0. The van der Waals surface area contributed by atoms with Crippen LogP contribution in [-0.2, 0) is 0 Å². The highest BCUT2D eigenvalue weighted by molar-refractivity contribution is 14.1. The molecule has 0 aromatic carbocycles. The van der Waals surface area contributed by atoms with Gasteiger partial charge >= 0.3 is 0 Å². The van der Waals surface area contributed by atoms with Gasteiger partial charge in [-0.05, 0) is 34.2 Å². The third-order valence-electron chi connectivity index (χ3n) is 1.23. The van der Waals surface area contributed by atoms with Crippen LogP contribution >= 0.6 is 34.2 Å². The zero-order valence-corrected chi connectivity index (χ0v) is 8.11. The van der Waals surface area contributed by atoms with E-state index in [4.69, 9.17) is 11.6 Å². The van der Waals surface area contributed by atoms with Crippen LogP contribution in [0.1, 0.15) is 0 Å². The van der Waals surface area contributed by atoms with Gasteiger partial charge in [0.25, 0.3) is 0 Å². The molecule has 0 bridgehead atoms. The van der Waals surface area contributed by atoms with E-state index in [1.807, 2.05) is 0 Å². The predicted molar refractivity (Wildman–Crippen MR) is 48.5 cm³/mol. The lowest BCUT2D eigenvalue weighted by molar-refractivity contribution is 1.07. The molecule has 2 rings (SSSR count). The van der Waals surface area contributed by atoms with Crippen LogP contribution in [0.4, 0.5) is 0 Å². The maximum absolute atomic E-state index is 5.73. The number of nitrogens with zero attached hydrogens (tertiary/aromatic N) is 4. The summed E-state index contributed by atoms with van der Waals surface area (Å²) in [4.78, 5) is 3.94. The van der Waals surface area contributed by atoms with E-state index in [2.05, 4.69) is 37.8 Å². The lowest BCUT2D eigenvalue weighted by atomic mass is 10.7. The molecule has 0 spiro atoms. The second kappa shape index (κ2) is 2.56. The molecule has 2 heterocycles. The smallest absolute Gasteiger partial charge is 0.230 e. The van der Waals surface area contributed by atoms with Crippen LogP contribution in [0.25, 0.3) is 5.65 Å². The topological polar surface area (TPSA) is 43.1 Å². The molecule has 0 saturated heterocycles. The van der Waals surface area contributed by atoms with Gasteiger partial charge in [-0.15, -0.1) is 10.2 Å². The third kappa shape index (κ3) is 1.08. The van der Waals surface area contributed by atoms with Crippen molar-refractivity contribution in [3.05, 3.63) is 21.4 Å². The minimum Gasteiger partial charge on any atom is -0.258 e. The van der Waals surface area contributed by atoms with Gasteiger partial charge in [0, 0.05) is 0 Å². The standard InChI is InChI=1S/C5H2ClIN4/c6-5-10-9-4-2-8-1-3(7)11(4)5/h1-2H. The third-order valence-corrected chi connectivity index (χ3v) is 2.24. The molecule has 0 aliphatic rings. The van der Waals surface area contributed by atoms with Crippen LogP contribution in [0.5, 0.6) is 0 Å². The fraction of sp³-hybridized carbons (Fsp3) is 0. The fourth-order valence-corrected chi connectivity index (χ4v) is 1.78. The normalized spacial score (nSPS) is 10.7. The highest BCUT2D eigenvalue weighted by atomic mass is 127. The van der Waals surface area contributed by atoms with Crippen molar-refractivity contribution in [3.63, 3.8) is 0 Å². The van der Waals surface area contributed by atoms with Gasteiger partial charge in [0.2, 0.25) is 5.28 Å². The number of halogens is 2. The first-order chi connectivity index (χ1) is 5.29. The lowest BCUT2D eigenvalue weighted by Gasteiger charge is -1.93. The maximum atomic E-state index is 5.73. The van der Waals surface area contributed by atoms with Gasteiger partial charge in [0.1, 0.15) is 3.70 Å². The van der Waals surface area contributed by atoms with Crippen LogP contribution in [0.15, 0.2) is 12.4 Å². The van der Waals surface area contributed by atoms with E-state index in [-0.39, 0.29) is 0 Å². The largest absolute Gasteiger partial charge is 0.258 e. The van der Waals surface area contributed by atoms with Crippen molar-refractivity contribution in [1.82, 2.24) is 19.6 Å². The second-order valence-corrected chi connectivity index (χ2v) is 3.34. The number of fused-ring (bicyclic) bond motifs is 1. The molecule has 2 aromatic heterocycles. The fourth-order valence-electron chi connectivity index (χ4n) is 0.781. The maximum Gasteiger partial charge on any atom is 0.230 e. The van der Waals surface area contributed by atoms with Crippen molar-refractivity contribution >= 4 is 39.8 Å². The van der Waals surface area contributed by atoms with Crippen LogP contribution in [0.3, 0.4) is 0 Å². The first-order valence-corrected chi connectivity index (χ1v) is 4.25. The first kappa shape index (κ1) is 7.23. The monoisotopic (exact) mass is 280 g/mol. The van der Waals surface area contributed by atoms with Crippen LogP contribution in [0, 0.1) is 3.70 Å². The Kier molecular flexibility index (Phi) is 1.68. The van der Waals surface area contributed by atoms with Crippen molar-refractivity contribution < 1.29 is 0 Å². The SMILES string of the molecule is Clc1nnc2cncc(I)n12. The van der Waals surface area contributed by atoms with Gasteiger partial charge < -0.3 is 0 Å². The first-order valence-electron chi connectivity index (χ1n) is 2.79. The van der Waals surface area contributed by atoms with Gasteiger partial charge in [-0.25, -0.2) is 0 Å². The van der Waals surface area contributed by atoms with Crippen molar-refractivity contribution in [2.24, 2.45) is 0 Å². The van der Waals surface area contributed by atoms with Gasteiger partial charge in [0.05, 0.1) is 12.4 Å². The van der Waals surface area contributed by atoms with Gasteiger partial charge in [-0.3, -0.25) is 9.38 Å². The number of aromatic nitrogens is 4. The summed E-state index contributed by atoms with van der Waals surface area (Å²) in [6, 6.07) is 0. The summed E-state index contributed by atoms with van der Waals surface area (Å²) >= 11 is 7.85. The predicted octanol–water partition coefficient (Wildman–Crippen LogP) is 1.38. The lowest BCUT2D eigenvalue weighted by Crippen LogP contribution is -1.91. The van der Waals surface area contributed by atoms with Gasteiger partial charge in [0.15, 0.2) is 5.65 Å². The summed E-state index contributed by atoms with van der Waals surface area (Å²) in [5, 5.41) is 7.85. The second-order valence-electron chi connectivity index (χ2n) is 1.89. The van der Waals surface area contributed by atoms with E-state index < -0.39 is 0 Å². The van der Waals surface area contributed by atoms with Gasteiger partial charge in [-0.2, -0.15) is 0 Å². The van der Waals surface area contributed by atoms with Crippen LogP contribution in [-0.4, -0.2) is 19.6 Å². The summed E-state index contributed by atoms with van der Waals surface area (Å²) in [6.07, 6.45) is 3.31. The quantitative estimate of drug-likeness (QED) is 0.685. The summed E-state index contributed by atoms with van der Waals surface area (Å²) in [7, 11) is 0. The van der Waals surface area contributed by atoms with E-state index in [1.54, 1.807) is 16.8 Å². The van der Waals surface area contributed by atoms with E-state index in [0.29, 0.717) is 10.9 Å². The van der Waals surface area contributed by atoms with Crippen molar-refractivity contribution in [3.8, 4) is 0 Å². The Hall–Kier alpha value is -0.430. The minimum atomic E-state index is 0.367. The zero-order chi connectivity index (χ0) is 7.84. The molecule has 4 nitrogen and oxygen atoms in total. The number of hydrogen-bond donors (Lipinski definition) is 0. The van der Waals surface area contributed by atoms with Crippen LogP contribution < -0.4 is 0 Å². The minimum absolute atomic E-state index is 0.367. The summed E-state index contributed by atoms with van der Waals surface area (Å²) < 4.78 is 2.62. The Labute approximate surface area is 80.7 Å². The molecular formula is C5H2ClIN4. The highest BCUT2D eigenvalue weighted by Crippen LogP contribution is 2.11. The Morgan fingerprint density at radius 1 is 1.36 bits per heavy atom. The molecule has 0 N–H and O–H groups in total. The van der Waals surface area contributed by atoms with E-state index >= 15 is 0 Å². The molecule has 0 amide bonds. The molecule has 0 saturated carbocycles. The van der Waals surface area contributed by atoms with E-state index in [9.17, 15) is 0 Å². The molecule has 2 aromatic rings. The summed E-state index contributed by atoms with van der Waals surface area (Å²) in [5.41, 5.74) is 0.668. The van der Waals surface area contributed by atoms with Crippen LogP contribution in [0.2, 0.25) is 5.28 Å². The van der Waals surface area contributed by atoms with Crippen molar-refractivity contribution in [2.45, 2.75) is 0 Å². The number of rotatable bonds is 0. The Morgan fingerprint density at radius 3 is 2.91 bits per heavy atom. The van der Waals surface area contributed by atoms with E-state index in [0.717, 1.165) is 3.70 Å². The Balaban J connectivity index is 2.96. The Morgan fingerprint density at radius 2 is 2.18 bits per heavy atom. The molecule has 0 atom stereocenters. The molecule has 6 heteroatoms.